The maximum Gasteiger partial charge on any atom is 0.178 e. The van der Waals surface area contributed by atoms with Crippen molar-refractivity contribution in [3.05, 3.63) is 23.9 Å². The Labute approximate surface area is 144 Å². The maximum absolute atomic E-state index is 12.5. The Balaban J connectivity index is 1.42. The van der Waals surface area contributed by atoms with Gasteiger partial charge in [0, 0.05) is 29.9 Å². The van der Waals surface area contributed by atoms with Gasteiger partial charge in [-0.25, -0.2) is 4.98 Å². The van der Waals surface area contributed by atoms with E-state index in [1.165, 1.54) is 32.1 Å². The van der Waals surface area contributed by atoms with Crippen LogP contribution in [-0.4, -0.2) is 53.4 Å². The van der Waals surface area contributed by atoms with Gasteiger partial charge in [-0.05, 0) is 63.7 Å². The molecule has 0 spiro atoms. The van der Waals surface area contributed by atoms with Crippen molar-refractivity contribution in [2.24, 2.45) is 5.73 Å². The molecule has 130 valence electrons. The highest BCUT2D eigenvalue weighted by Gasteiger charge is 2.40. The van der Waals surface area contributed by atoms with Gasteiger partial charge in [0.1, 0.15) is 5.82 Å². The summed E-state index contributed by atoms with van der Waals surface area (Å²) in [5, 5.41) is 0. The van der Waals surface area contributed by atoms with Crippen LogP contribution in [0.2, 0.25) is 0 Å². The Kier molecular flexibility index (Phi) is 4.55. The molecule has 1 aromatic heterocycles. The first-order chi connectivity index (χ1) is 11.7. The second kappa shape index (κ2) is 6.81. The molecule has 4 rings (SSSR count). The van der Waals surface area contributed by atoms with Crippen molar-refractivity contribution in [3.63, 3.8) is 0 Å². The molecule has 0 amide bonds. The molecule has 0 unspecified atom stereocenters. The fourth-order valence-electron chi connectivity index (χ4n) is 4.71. The Bertz CT molecular complexity index is 568. The van der Waals surface area contributed by atoms with Gasteiger partial charge in [0.2, 0.25) is 0 Å². The van der Waals surface area contributed by atoms with E-state index in [2.05, 4.69) is 14.8 Å². The van der Waals surface area contributed by atoms with Gasteiger partial charge in [-0.15, -0.1) is 0 Å². The number of carbonyl (C=O) groups is 1. The van der Waals surface area contributed by atoms with E-state index in [-0.39, 0.29) is 5.78 Å². The highest BCUT2D eigenvalue weighted by Crippen LogP contribution is 2.37. The van der Waals surface area contributed by atoms with E-state index in [1.807, 2.05) is 12.1 Å². The van der Waals surface area contributed by atoms with Crippen molar-refractivity contribution in [1.82, 2.24) is 9.88 Å². The summed E-state index contributed by atoms with van der Waals surface area (Å²) in [4.78, 5) is 21.8. The molecule has 3 aliphatic rings. The molecular formula is C19H28N4O. The summed E-state index contributed by atoms with van der Waals surface area (Å²) >= 11 is 0. The summed E-state index contributed by atoms with van der Waals surface area (Å²) in [6.07, 6.45) is 10.1. The Morgan fingerprint density at radius 3 is 2.46 bits per heavy atom. The minimum atomic E-state index is 0.194. The second-order valence-corrected chi connectivity index (χ2v) is 7.69. The lowest BCUT2D eigenvalue weighted by Crippen LogP contribution is -2.47. The van der Waals surface area contributed by atoms with Gasteiger partial charge < -0.3 is 10.6 Å². The lowest BCUT2D eigenvalue weighted by atomic mass is 9.98. The van der Waals surface area contributed by atoms with Crippen molar-refractivity contribution >= 4 is 11.6 Å². The predicted octanol–water partition coefficient (Wildman–Crippen LogP) is 2.21. The summed E-state index contributed by atoms with van der Waals surface area (Å²) < 4.78 is 0. The minimum absolute atomic E-state index is 0.194. The molecule has 5 nitrogen and oxygen atoms in total. The highest BCUT2D eigenvalue weighted by molar-refractivity contribution is 5.97. The van der Waals surface area contributed by atoms with Gasteiger partial charge in [-0.1, -0.05) is 6.42 Å². The van der Waals surface area contributed by atoms with Gasteiger partial charge in [-0.3, -0.25) is 9.69 Å². The predicted molar refractivity (Wildman–Crippen MR) is 95.4 cm³/mol. The smallest absolute Gasteiger partial charge is 0.178 e. The Hall–Kier alpha value is -1.46. The van der Waals surface area contributed by atoms with E-state index in [9.17, 15) is 4.79 Å². The largest absolute Gasteiger partial charge is 0.351 e. The third-order valence-electron chi connectivity index (χ3n) is 5.92. The van der Waals surface area contributed by atoms with Crippen LogP contribution in [-0.2, 0) is 0 Å². The van der Waals surface area contributed by atoms with Gasteiger partial charge in [-0.2, -0.15) is 0 Å². The molecule has 0 aliphatic carbocycles. The average molecular weight is 328 g/mol. The van der Waals surface area contributed by atoms with Crippen LogP contribution < -0.4 is 10.6 Å². The van der Waals surface area contributed by atoms with Gasteiger partial charge in [0.05, 0.1) is 6.54 Å². The van der Waals surface area contributed by atoms with Crippen molar-refractivity contribution in [2.75, 3.05) is 24.5 Å². The number of aromatic nitrogens is 1. The Morgan fingerprint density at radius 2 is 1.83 bits per heavy atom. The van der Waals surface area contributed by atoms with E-state index in [0.29, 0.717) is 24.7 Å². The molecule has 3 aliphatic heterocycles. The topological polar surface area (TPSA) is 62.5 Å². The quantitative estimate of drug-likeness (QED) is 0.859. The van der Waals surface area contributed by atoms with E-state index in [1.54, 1.807) is 6.20 Å². The average Bonchev–Trinajstić information content (AvgIpc) is 2.87. The molecule has 1 aromatic rings. The third-order valence-corrected chi connectivity index (χ3v) is 5.92. The first-order valence-corrected chi connectivity index (χ1v) is 9.46. The summed E-state index contributed by atoms with van der Waals surface area (Å²) in [5.41, 5.74) is 6.89. The van der Waals surface area contributed by atoms with Crippen molar-refractivity contribution < 1.29 is 4.79 Å². The normalized spacial score (nSPS) is 30.5. The number of piperidine rings is 2. The van der Waals surface area contributed by atoms with Crippen molar-refractivity contribution in [3.8, 4) is 0 Å². The number of carbonyl (C=O) groups excluding carboxylic acids is 1. The number of ketones is 1. The molecule has 2 bridgehead atoms. The number of Topliss-reactive ketones (excluding diaryl/α,β-unsaturated/α-hetero) is 1. The molecule has 3 atom stereocenters. The number of anilines is 1. The zero-order valence-electron chi connectivity index (χ0n) is 14.4. The number of fused-ring (bicyclic) bond motifs is 2. The van der Waals surface area contributed by atoms with E-state index < -0.39 is 0 Å². The molecule has 4 heterocycles. The van der Waals surface area contributed by atoms with Crippen LogP contribution in [0.5, 0.6) is 0 Å². The molecule has 2 N–H and O–H groups in total. The number of nitrogens with zero attached hydrogens (tertiary/aromatic N) is 3. The number of likely N-dealkylation sites (tertiary alicyclic amines) is 1. The van der Waals surface area contributed by atoms with Crippen molar-refractivity contribution in [1.29, 1.82) is 0 Å². The number of rotatable bonds is 4. The molecule has 3 fully saturated rings. The summed E-state index contributed by atoms with van der Waals surface area (Å²) in [7, 11) is 0. The molecular weight excluding hydrogens is 300 g/mol. The van der Waals surface area contributed by atoms with Crippen LogP contribution in [0.15, 0.2) is 18.3 Å². The van der Waals surface area contributed by atoms with Crippen LogP contribution in [0.1, 0.15) is 55.3 Å². The number of pyridine rings is 1. The first kappa shape index (κ1) is 16.0. The maximum atomic E-state index is 12.5. The molecule has 5 heteroatoms. The van der Waals surface area contributed by atoms with Gasteiger partial charge in [0.25, 0.3) is 0 Å². The molecule has 0 radical (unpaired) electrons. The fraction of sp³-hybridized carbons (Fsp3) is 0.684. The van der Waals surface area contributed by atoms with Crippen LogP contribution in [0.4, 0.5) is 5.82 Å². The zero-order valence-corrected chi connectivity index (χ0v) is 14.4. The van der Waals surface area contributed by atoms with E-state index >= 15 is 0 Å². The SMILES string of the molecule is N[C@H]1C[C@H]2CC[C@@H](C1)N2c1ccc(C(=O)CN2CCCCC2)cn1. The summed E-state index contributed by atoms with van der Waals surface area (Å²) in [5.74, 6) is 1.21. The third kappa shape index (κ3) is 3.20. The molecule has 24 heavy (non-hydrogen) atoms. The minimum Gasteiger partial charge on any atom is -0.351 e. The van der Waals surface area contributed by atoms with Crippen LogP contribution in [0, 0.1) is 0 Å². The van der Waals surface area contributed by atoms with Gasteiger partial charge in [0.15, 0.2) is 5.78 Å². The lowest BCUT2D eigenvalue weighted by molar-refractivity contribution is 0.0915. The summed E-state index contributed by atoms with van der Waals surface area (Å²) in [6.45, 7) is 2.63. The highest BCUT2D eigenvalue weighted by atomic mass is 16.1. The monoisotopic (exact) mass is 328 g/mol. The summed E-state index contributed by atoms with van der Waals surface area (Å²) in [6, 6.07) is 5.39. The van der Waals surface area contributed by atoms with E-state index in [0.717, 1.165) is 37.3 Å². The standard InChI is InChI=1S/C19H28N4O/c20-15-10-16-5-6-17(11-15)23(16)19-7-4-14(12-21-19)18(24)13-22-8-2-1-3-9-22/h4,7,12,15-17H,1-3,5-6,8-11,13,20H2/t15-,16+,17-. The number of nitrogens with two attached hydrogens (primary N) is 1. The zero-order chi connectivity index (χ0) is 16.5. The lowest BCUT2D eigenvalue weighted by Gasteiger charge is -2.38. The van der Waals surface area contributed by atoms with Crippen LogP contribution in [0.25, 0.3) is 0 Å². The van der Waals surface area contributed by atoms with Crippen molar-refractivity contribution in [2.45, 2.75) is 63.1 Å². The molecule has 3 saturated heterocycles. The Morgan fingerprint density at radius 1 is 1.12 bits per heavy atom. The fourth-order valence-corrected chi connectivity index (χ4v) is 4.71. The number of hydrogen-bond donors (Lipinski definition) is 1. The number of hydrogen-bond acceptors (Lipinski definition) is 5. The molecule has 0 saturated carbocycles. The van der Waals surface area contributed by atoms with E-state index in [4.69, 9.17) is 5.73 Å². The second-order valence-electron chi connectivity index (χ2n) is 7.69. The van der Waals surface area contributed by atoms with Gasteiger partial charge >= 0.3 is 0 Å². The molecule has 0 aromatic carbocycles. The first-order valence-electron chi connectivity index (χ1n) is 9.46. The van der Waals surface area contributed by atoms with Crippen LogP contribution >= 0.6 is 0 Å². The van der Waals surface area contributed by atoms with Crippen LogP contribution in [0.3, 0.4) is 0 Å².